The predicted molar refractivity (Wildman–Crippen MR) is 72.7 cm³/mol. The van der Waals surface area contributed by atoms with Crippen molar-refractivity contribution >= 4 is 16.9 Å². The molecule has 0 amide bonds. The number of carbonyl (C=O) groups is 1. The van der Waals surface area contributed by atoms with Gasteiger partial charge in [-0.25, -0.2) is 0 Å². The Labute approximate surface area is 107 Å². The number of carbonyl (C=O) groups excluding carboxylic acids is 1. The van der Waals surface area contributed by atoms with E-state index < -0.39 is 0 Å². The summed E-state index contributed by atoms with van der Waals surface area (Å²) >= 11 is 0. The highest BCUT2D eigenvalue weighted by molar-refractivity contribution is 5.87. The van der Waals surface area contributed by atoms with Crippen LogP contribution >= 0.6 is 0 Å². The predicted octanol–water partition coefficient (Wildman–Crippen LogP) is 3.53. The molecular weight excluding hydrogens is 226 g/mol. The van der Waals surface area contributed by atoms with Crippen molar-refractivity contribution in [1.29, 1.82) is 0 Å². The minimum absolute atomic E-state index is 0.132. The second-order valence-corrected chi connectivity index (χ2v) is 4.65. The first kappa shape index (κ1) is 12.7. The molecule has 3 heteroatoms. The fourth-order valence-electron chi connectivity index (χ4n) is 2.32. The third-order valence-corrected chi connectivity index (χ3v) is 3.26. The largest absolute Gasteiger partial charge is 0.466 e. The van der Waals surface area contributed by atoms with Crippen LogP contribution in [0.15, 0.2) is 24.4 Å². The molecule has 1 N–H and O–H groups in total. The molecule has 2 aromatic rings. The van der Waals surface area contributed by atoms with E-state index in [4.69, 9.17) is 4.74 Å². The number of aromatic nitrogens is 1. The van der Waals surface area contributed by atoms with Gasteiger partial charge in [0.1, 0.15) is 0 Å². The molecule has 0 fully saturated rings. The van der Waals surface area contributed by atoms with Gasteiger partial charge in [0.05, 0.1) is 13.0 Å². The molecule has 0 spiro atoms. The summed E-state index contributed by atoms with van der Waals surface area (Å²) in [5.41, 5.74) is 3.56. The summed E-state index contributed by atoms with van der Waals surface area (Å²) in [7, 11) is 0. The van der Waals surface area contributed by atoms with Gasteiger partial charge in [0.15, 0.2) is 0 Å². The van der Waals surface area contributed by atoms with Crippen LogP contribution in [0.4, 0.5) is 0 Å². The minimum Gasteiger partial charge on any atom is -0.466 e. The van der Waals surface area contributed by atoms with Crippen molar-refractivity contribution in [2.24, 2.45) is 0 Å². The smallest absolute Gasteiger partial charge is 0.306 e. The van der Waals surface area contributed by atoms with Crippen molar-refractivity contribution in [2.75, 3.05) is 6.61 Å². The van der Waals surface area contributed by atoms with Gasteiger partial charge in [-0.1, -0.05) is 25.1 Å². The molecule has 1 aromatic heterocycles. The monoisotopic (exact) mass is 245 g/mol. The van der Waals surface area contributed by atoms with Crippen LogP contribution in [0.25, 0.3) is 10.9 Å². The first-order chi connectivity index (χ1) is 8.63. The zero-order valence-corrected chi connectivity index (χ0v) is 11.1. The Kier molecular flexibility index (Phi) is 3.70. The summed E-state index contributed by atoms with van der Waals surface area (Å²) in [5, 5.41) is 1.20. The molecule has 0 aliphatic carbocycles. The SMILES string of the molecule is CCOC(=O)C[C@@H](C)c1c[nH]c2c(C)cccc12. The van der Waals surface area contributed by atoms with E-state index in [9.17, 15) is 4.79 Å². The lowest BCUT2D eigenvalue weighted by atomic mass is 9.97. The van der Waals surface area contributed by atoms with Crippen LogP contribution in [0.1, 0.15) is 37.3 Å². The Balaban J connectivity index is 2.26. The van der Waals surface area contributed by atoms with Crippen molar-refractivity contribution in [2.45, 2.75) is 33.1 Å². The summed E-state index contributed by atoms with van der Waals surface area (Å²) in [6, 6.07) is 6.22. The van der Waals surface area contributed by atoms with Crippen molar-refractivity contribution in [3.8, 4) is 0 Å². The van der Waals surface area contributed by atoms with E-state index in [1.54, 1.807) is 0 Å². The van der Waals surface area contributed by atoms with Gasteiger partial charge in [-0.05, 0) is 30.9 Å². The molecule has 3 nitrogen and oxygen atoms in total. The summed E-state index contributed by atoms with van der Waals surface area (Å²) in [6.45, 7) is 6.41. The third-order valence-electron chi connectivity index (χ3n) is 3.26. The summed E-state index contributed by atoms with van der Waals surface area (Å²) in [4.78, 5) is 14.8. The first-order valence-electron chi connectivity index (χ1n) is 6.35. The highest BCUT2D eigenvalue weighted by atomic mass is 16.5. The van der Waals surface area contributed by atoms with Crippen molar-refractivity contribution < 1.29 is 9.53 Å². The molecule has 18 heavy (non-hydrogen) atoms. The van der Waals surface area contributed by atoms with Crippen LogP contribution in [0.3, 0.4) is 0 Å². The normalized spacial score (nSPS) is 12.6. The Bertz CT molecular complexity index is 557. The van der Waals surface area contributed by atoms with Crippen molar-refractivity contribution in [1.82, 2.24) is 4.98 Å². The fourth-order valence-corrected chi connectivity index (χ4v) is 2.32. The molecular formula is C15H19NO2. The second-order valence-electron chi connectivity index (χ2n) is 4.65. The number of hydrogen-bond acceptors (Lipinski definition) is 2. The molecule has 2 rings (SSSR count). The van der Waals surface area contributed by atoms with E-state index in [1.807, 2.05) is 19.2 Å². The van der Waals surface area contributed by atoms with E-state index in [0.717, 1.165) is 5.52 Å². The number of H-pyrrole nitrogens is 1. The van der Waals surface area contributed by atoms with Gasteiger partial charge < -0.3 is 9.72 Å². The first-order valence-corrected chi connectivity index (χ1v) is 6.35. The van der Waals surface area contributed by atoms with Gasteiger partial charge in [-0.3, -0.25) is 4.79 Å². The number of ether oxygens (including phenoxy) is 1. The van der Waals surface area contributed by atoms with E-state index in [2.05, 4.69) is 31.0 Å². The maximum absolute atomic E-state index is 11.5. The van der Waals surface area contributed by atoms with Gasteiger partial charge in [0.2, 0.25) is 0 Å². The molecule has 1 atom stereocenters. The minimum atomic E-state index is -0.132. The van der Waals surface area contributed by atoms with E-state index >= 15 is 0 Å². The van der Waals surface area contributed by atoms with Crippen LogP contribution in [0, 0.1) is 6.92 Å². The van der Waals surface area contributed by atoms with Crippen molar-refractivity contribution in [3.63, 3.8) is 0 Å². The number of fused-ring (bicyclic) bond motifs is 1. The van der Waals surface area contributed by atoms with Crippen LogP contribution < -0.4 is 0 Å². The lowest BCUT2D eigenvalue weighted by Gasteiger charge is -2.09. The molecule has 0 saturated heterocycles. The molecule has 0 aliphatic heterocycles. The standard InChI is InChI=1S/C15H19NO2/c1-4-18-14(17)8-11(3)13-9-16-15-10(2)6-5-7-12(13)15/h5-7,9,11,16H,4,8H2,1-3H3/t11-/m1/s1. The van der Waals surface area contributed by atoms with Crippen LogP contribution in [0.2, 0.25) is 0 Å². The number of para-hydroxylation sites is 1. The molecule has 0 saturated carbocycles. The lowest BCUT2D eigenvalue weighted by molar-refractivity contribution is -0.143. The van der Waals surface area contributed by atoms with Gasteiger partial charge >= 0.3 is 5.97 Å². The van der Waals surface area contributed by atoms with E-state index in [-0.39, 0.29) is 11.9 Å². The molecule has 0 radical (unpaired) electrons. The maximum Gasteiger partial charge on any atom is 0.306 e. The zero-order valence-electron chi connectivity index (χ0n) is 11.1. The van der Waals surface area contributed by atoms with Crippen molar-refractivity contribution in [3.05, 3.63) is 35.5 Å². The summed E-state index contributed by atoms with van der Waals surface area (Å²) < 4.78 is 5.00. The second kappa shape index (κ2) is 5.25. The number of nitrogens with one attached hydrogen (secondary N) is 1. The lowest BCUT2D eigenvalue weighted by Crippen LogP contribution is -2.08. The summed E-state index contributed by atoms with van der Waals surface area (Å²) in [6.07, 6.45) is 2.43. The number of benzene rings is 1. The quantitative estimate of drug-likeness (QED) is 0.837. The van der Waals surface area contributed by atoms with Gasteiger partial charge in [-0.2, -0.15) is 0 Å². The fraction of sp³-hybridized carbons (Fsp3) is 0.400. The van der Waals surface area contributed by atoms with Crippen LogP contribution in [0.5, 0.6) is 0 Å². The van der Waals surface area contributed by atoms with Gasteiger partial charge in [0, 0.05) is 17.1 Å². The number of aryl methyl sites for hydroxylation is 1. The molecule has 0 unspecified atom stereocenters. The van der Waals surface area contributed by atoms with Gasteiger partial charge in [-0.15, -0.1) is 0 Å². The van der Waals surface area contributed by atoms with E-state index in [1.165, 1.54) is 16.5 Å². The van der Waals surface area contributed by atoms with E-state index in [0.29, 0.717) is 13.0 Å². The summed E-state index contributed by atoms with van der Waals surface area (Å²) in [5.74, 6) is 0.0339. The van der Waals surface area contributed by atoms with Crippen LogP contribution in [-0.2, 0) is 9.53 Å². The average Bonchev–Trinajstić information content (AvgIpc) is 2.74. The Morgan fingerprint density at radius 2 is 2.22 bits per heavy atom. The third kappa shape index (κ3) is 2.40. The molecule has 1 heterocycles. The highest BCUT2D eigenvalue weighted by Crippen LogP contribution is 2.29. The molecule has 1 aromatic carbocycles. The number of aromatic amines is 1. The number of esters is 1. The highest BCUT2D eigenvalue weighted by Gasteiger charge is 2.16. The molecule has 0 aliphatic rings. The molecule has 0 bridgehead atoms. The zero-order chi connectivity index (χ0) is 13.1. The van der Waals surface area contributed by atoms with Crippen LogP contribution in [-0.4, -0.2) is 17.6 Å². The number of rotatable bonds is 4. The molecule has 96 valence electrons. The van der Waals surface area contributed by atoms with Gasteiger partial charge in [0.25, 0.3) is 0 Å². The Hall–Kier alpha value is -1.77. The average molecular weight is 245 g/mol. The Morgan fingerprint density at radius 1 is 1.44 bits per heavy atom. The number of hydrogen-bond donors (Lipinski definition) is 1. The maximum atomic E-state index is 11.5. The Morgan fingerprint density at radius 3 is 2.94 bits per heavy atom. The topological polar surface area (TPSA) is 42.1 Å².